The summed E-state index contributed by atoms with van der Waals surface area (Å²) in [4.78, 5) is 13.4. The first-order chi connectivity index (χ1) is 15.3. The number of carbonyl (C=O) groups is 1. The van der Waals surface area contributed by atoms with Gasteiger partial charge in [-0.2, -0.15) is 0 Å². The van der Waals surface area contributed by atoms with E-state index in [2.05, 4.69) is 66.5 Å². The zero-order valence-corrected chi connectivity index (χ0v) is 22.4. The summed E-state index contributed by atoms with van der Waals surface area (Å²) in [5.74, 6) is 2.15. The third kappa shape index (κ3) is 11.3. The van der Waals surface area contributed by atoms with E-state index < -0.39 is 0 Å². The molecular weight excluding hydrogens is 386 g/mol. The minimum absolute atomic E-state index is 0.184. The summed E-state index contributed by atoms with van der Waals surface area (Å²) in [7, 11) is 2.03. The first kappa shape index (κ1) is 29.2. The van der Waals surface area contributed by atoms with E-state index in [1.807, 2.05) is 7.28 Å². The normalized spacial score (nSPS) is 12.1. The Kier molecular flexibility index (Phi) is 14.5. The molecule has 0 saturated carbocycles. The van der Waals surface area contributed by atoms with Crippen LogP contribution in [-0.2, 0) is 17.5 Å². The van der Waals surface area contributed by atoms with Gasteiger partial charge in [0, 0.05) is 0 Å². The molecule has 0 N–H and O–H groups in total. The van der Waals surface area contributed by atoms with Gasteiger partial charge in [0.2, 0.25) is 0 Å². The topological polar surface area (TPSA) is 17.1 Å². The molecule has 0 fully saturated rings. The second-order valence-electron chi connectivity index (χ2n) is 11.2. The summed E-state index contributed by atoms with van der Waals surface area (Å²) in [5, 5.41) is 0. The summed E-state index contributed by atoms with van der Waals surface area (Å²) >= 11 is 0. The van der Waals surface area contributed by atoms with Crippen LogP contribution in [0.25, 0.3) is 0 Å². The number of hydrogen-bond acceptors (Lipinski definition) is 1. The fourth-order valence-electron chi connectivity index (χ4n) is 4.89. The third-order valence-corrected chi connectivity index (χ3v) is 7.26. The molecule has 0 aliphatic heterocycles. The van der Waals surface area contributed by atoms with E-state index >= 15 is 0 Å². The second kappa shape index (κ2) is 15.9. The van der Waals surface area contributed by atoms with Crippen LogP contribution in [0, 0.1) is 10.8 Å². The minimum atomic E-state index is -0.184. The molecule has 0 aliphatic carbocycles. The molecule has 0 atom stereocenters. The van der Waals surface area contributed by atoms with Crippen molar-refractivity contribution in [3.63, 3.8) is 0 Å². The average molecular weight is 437 g/mol. The molecule has 0 spiro atoms. The molecule has 1 nitrogen and oxygen atoms in total. The second-order valence-corrected chi connectivity index (χ2v) is 11.2. The number of hydrogen-bond donors (Lipinski definition) is 0. The van der Waals surface area contributed by atoms with Crippen molar-refractivity contribution in [2.24, 2.45) is 10.8 Å². The summed E-state index contributed by atoms with van der Waals surface area (Å²) in [5.41, 5.74) is 3.26. The Morgan fingerprint density at radius 3 is 2.00 bits per heavy atom. The molecule has 1 radical (unpaired) electrons. The standard InChI is InChI=1S/C29H51B2O/c1-7-10-13-15-20-29(6,21-16-14-11-8-2)27(32)31-24-25-18-17-22-30-26(25)23-28(4,5)19-12-9-3/h17-18,22H,7-16,19-21,23-24H2,1-6H3. The van der Waals surface area contributed by atoms with Crippen molar-refractivity contribution >= 4 is 19.9 Å². The Balaban J connectivity index is 2.79. The molecule has 0 saturated heterocycles. The quantitative estimate of drug-likeness (QED) is 0.157. The van der Waals surface area contributed by atoms with Crippen LogP contribution >= 0.6 is 0 Å². The van der Waals surface area contributed by atoms with Gasteiger partial charge in [-0.25, -0.2) is 0 Å². The zero-order valence-electron chi connectivity index (χ0n) is 22.4. The fraction of sp³-hybridized carbons (Fsp3) is 0.793. The van der Waals surface area contributed by atoms with Crippen LogP contribution in [0.2, 0.25) is 0 Å². The van der Waals surface area contributed by atoms with E-state index in [9.17, 15) is 4.79 Å². The van der Waals surface area contributed by atoms with E-state index in [-0.39, 0.29) is 5.41 Å². The molecule has 0 bridgehead atoms. The van der Waals surface area contributed by atoms with E-state index in [0.29, 0.717) is 11.1 Å². The van der Waals surface area contributed by atoms with E-state index in [1.165, 1.54) is 81.7 Å². The predicted octanol–water partition coefficient (Wildman–Crippen LogP) is 8.46. The van der Waals surface area contributed by atoms with Gasteiger partial charge in [0.15, 0.2) is 0 Å². The molecule has 32 heavy (non-hydrogen) atoms. The molecule has 1 rings (SSSR count). The van der Waals surface area contributed by atoms with Crippen LogP contribution in [-0.4, -0.2) is 19.9 Å². The number of unbranched alkanes of at least 4 members (excludes halogenated alkanes) is 7. The summed E-state index contributed by atoms with van der Waals surface area (Å²) in [6, 6.07) is 4.36. The molecule has 0 amide bonds. The van der Waals surface area contributed by atoms with Crippen LogP contribution in [0.5, 0.6) is 0 Å². The van der Waals surface area contributed by atoms with Gasteiger partial charge in [0.25, 0.3) is 0 Å². The van der Waals surface area contributed by atoms with Crippen molar-refractivity contribution < 1.29 is 4.79 Å². The monoisotopic (exact) mass is 437 g/mol. The van der Waals surface area contributed by atoms with Gasteiger partial charge in [-0.3, -0.25) is 0 Å². The molecule has 0 unspecified atom stereocenters. The molecule has 3 heteroatoms. The van der Waals surface area contributed by atoms with Gasteiger partial charge in [-0.05, 0) is 0 Å². The van der Waals surface area contributed by atoms with Crippen LogP contribution in [0.1, 0.15) is 136 Å². The first-order valence-corrected chi connectivity index (χ1v) is 13.7. The van der Waals surface area contributed by atoms with Crippen LogP contribution in [0.3, 0.4) is 0 Å². The Morgan fingerprint density at radius 1 is 0.844 bits per heavy atom. The summed E-state index contributed by atoms with van der Waals surface area (Å²) < 4.78 is 0. The van der Waals surface area contributed by atoms with Crippen molar-refractivity contribution in [2.75, 3.05) is 0 Å². The van der Waals surface area contributed by atoms with Crippen LogP contribution < -0.4 is 0 Å². The maximum absolute atomic E-state index is 13.4. The van der Waals surface area contributed by atoms with Gasteiger partial charge >= 0.3 is 202 Å². The van der Waals surface area contributed by atoms with Crippen molar-refractivity contribution in [3.05, 3.63) is 29.1 Å². The Labute approximate surface area is 202 Å². The van der Waals surface area contributed by atoms with Gasteiger partial charge in [0.05, 0.1) is 0 Å². The molecule has 1 aromatic heterocycles. The third-order valence-electron chi connectivity index (χ3n) is 7.26. The Bertz CT molecular complexity index is 626. The SMILES string of the molecule is CCCCCCC(C)(CCCCCC)C(=O)[B]Cc1cccbc1CC(C)(C)CCCC. The van der Waals surface area contributed by atoms with Gasteiger partial charge in [-0.1, -0.05) is 0 Å². The van der Waals surface area contributed by atoms with E-state index in [1.54, 1.807) is 0 Å². The number of rotatable bonds is 19. The average Bonchev–Trinajstić information content (AvgIpc) is 2.77. The summed E-state index contributed by atoms with van der Waals surface area (Å²) in [6.07, 6.45) is 17.7. The Hall–Kier alpha value is -0.850. The molecule has 0 aromatic carbocycles. The van der Waals surface area contributed by atoms with Gasteiger partial charge in [-0.15, -0.1) is 0 Å². The fourth-order valence-corrected chi connectivity index (χ4v) is 4.89. The van der Waals surface area contributed by atoms with Crippen molar-refractivity contribution in [2.45, 2.75) is 138 Å². The molecule has 0 aliphatic rings. The van der Waals surface area contributed by atoms with Crippen molar-refractivity contribution in [3.8, 4) is 0 Å². The van der Waals surface area contributed by atoms with E-state index in [0.717, 1.165) is 25.6 Å². The molecule has 1 aromatic rings. The van der Waals surface area contributed by atoms with Gasteiger partial charge in [0.1, 0.15) is 0 Å². The van der Waals surface area contributed by atoms with Gasteiger partial charge < -0.3 is 0 Å². The predicted molar refractivity (Wildman–Crippen MR) is 145 cm³/mol. The van der Waals surface area contributed by atoms with E-state index in [4.69, 9.17) is 0 Å². The summed E-state index contributed by atoms with van der Waals surface area (Å²) in [6.45, 7) is 16.1. The van der Waals surface area contributed by atoms with Crippen molar-refractivity contribution in [1.82, 2.24) is 0 Å². The van der Waals surface area contributed by atoms with Crippen LogP contribution in [0.4, 0.5) is 0 Å². The van der Waals surface area contributed by atoms with Crippen LogP contribution in [0.15, 0.2) is 18.1 Å². The maximum atomic E-state index is 13.4. The molecule has 1 heterocycles. The number of carbonyl (C=O) groups excluding carboxylic acids is 1. The first-order valence-electron chi connectivity index (χ1n) is 13.7. The Morgan fingerprint density at radius 2 is 1.44 bits per heavy atom. The van der Waals surface area contributed by atoms with Crippen molar-refractivity contribution in [1.29, 1.82) is 0 Å². The molecule has 179 valence electrons. The molecular formula is C29H51B2O. The zero-order chi connectivity index (χ0) is 23.9.